The van der Waals surface area contributed by atoms with Crippen LogP contribution in [0.2, 0.25) is 5.02 Å². The first-order chi connectivity index (χ1) is 9.65. The number of carbonyl (C=O) groups excluding carboxylic acids is 2. The van der Waals surface area contributed by atoms with Crippen molar-refractivity contribution in [3.05, 3.63) is 22.7 Å². The molecule has 2 fully saturated rings. The lowest BCUT2D eigenvalue weighted by molar-refractivity contribution is -0.118. The number of carbonyl (C=O) groups is 2. The highest BCUT2D eigenvalue weighted by Gasteiger charge is 2.56. The molecular weight excluding hydrogens is 278 g/mol. The van der Waals surface area contributed by atoms with E-state index in [2.05, 4.69) is 5.32 Å². The van der Waals surface area contributed by atoms with E-state index in [9.17, 15) is 9.59 Å². The van der Waals surface area contributed by atoms with Crippen LogP contribution in [0.3, 0.4) is 0 Å². The molecule has 1 aromatic rings. The predicted octanol–water partition coefficient (Wildman–Crippen LogP) is 2.90. The molecule has 5 heteroatoms. The van der Waals surface area contributed by atoms with Crippen molar-refractivity contribution in [2.45, 2.75) is 19.3 Å². The molecule has 0 spiro atoms. The summed E-state index contributed by atoms with van der Waals surface area (Å²) in [5, 5.41) is 3.08. The summed E-state index contributed by atoms with van der Waals surface area (Å²) in [6, 6.07) is 3.28. The molecule has 1 N–H and O–H groups in total. The highest BCUT2D eigenvalue weighted by molar-refractivity contribution is 6.34. The fraction of sp³-hybridized carbons (Fsp3) is 0.467. The van der Waals surface area contributed by atoms with E-state index in [1.807, 2.05) is 0 Å². The minimum Gasteiger partial charge on any atom is -0.482 e. The van der Waals surface area contributed by atoms with Crippen molar-refractivity contribution in [3.8, 4) is 5.75 Å². The Morgan fingerprint density at radius 2 is 2.05 bits per heavy atom. The molecule has 0 saturated heterocycles. The molecule has 104 valence electrons. The van der Waals surface area contributed by atoms with Crippen molar-refractivity contribution >= 4 is 29.0 Å². The lowest BCUT2D eigenvalue weighted by Crippen LogP contribution is -2.25. The number of fused-ring (bicyclic) bond motifs is 2. The van der Waals surface area contributed by atoms with Crippen molar-refractivity contribution < 1.29 is 14.3 Å². The largest absolute Gasteiger partial charge is 0.482 e. The zero-order valence-electron chi connectivity index (χ0n) is 10.8. The van der Waals surface area contributed by atoms with Gasteiger partial charge in [0.1, 0.15) is 5.75 Å². The number of nitrogens with one attached hydrogen (secondary N) is 1. The fourth-order valence-corrected chi connectivity index (χ4v) is 3.94. The number of halogens is 1. The Hall–Kier alpha value is -1.55. The molecule has 2 aliphatic carbocycles. The molecule has 1 aromatic carbocycles. The fourth-order valence-electron chi connectivity index (χ4n) is 3.68. The summed E-state index contributed by atoms with van der Waals surface area (Å²) in [7, 11) is 0. The van der Waals surface area contributed by atoms with Gasteiger partial charge in [0.25, 0.3) is 5.91 Å². The van der Waals surface area contributed by atoms with Gasteiger partial charge in [-0.15, -0.1) is 0 Å². The molecule has 0 radical (unpaired) electrons. The van der Waals surface area contributed by atoms with Crippen LogP contribution in [0.4, 0.5) is 5.69 Å². The third-order valence-electron chi connectivity index (χ3n) is 4.68. The van der Waals surface area contributed by atoms with E-state index < -0.39 is 0 Å². The molecule has 20 heavy (non-hydrogen) atoms. The summed E-state index contributed by atoms with van der Waals surface area (Å²) in [4.78, 5) is 23.8. The zero-order valence-corrected chi connectivity index (χ0v) is 11.6. The molecule has 1 heterocycles. The topological polar surface area (TPSA) is 55.4 Å². The van der Waals surface area contributed by atoms with Crippen LogP contribution in [0.5, 0.6) is 5.75 Å². The first-order valence-corrected chi connectivity index (χ1v) is 7.33. The van der Waals surface area contributed by atoms with Crippen LogP contribution in [0.15, 0.2) is 12.1 Å². The van der Waals surface area contributed by atoms with Crippen LogP contribution in [-0.2, 0) is 4.79 Å². The van der Waals surface area contributed by atoms with Gasteiger partial charge in [0.2, 0.25) is 0 Å². The summed E-state index contributed by atoms with van der Waals surface area (Å²) < 4.78 is 5.35. The van der Waals surface area contributed by atoms with Gasteiger partial charge in [0.05, 0.1) is 10.7 Å². The molecule has 4 nitrogen and oxygen atoms in total. The van der Waals surface area contributed by atoms with Crippen LogP contribution in [0.25, 0.3) is 0 Å². The summed E-state index contributed by atoms with van der Waals surface area (Å²) >= 11 is 6.20. The number of anilines is 1. The number of ether oxygens (including phenoxy) is 1. The second-order valence-electron chi connectivity index (χ2n) is 5.81. The Morgan fingerprint density at radius 3 is 2.80 bits per heavy atom. The van der Waals surface area contributed by atoms with Crippen molar-refractivity contribution in [1.29, 1.82) is 0 Å². The maximum Gasteiger partial charge on any atom is 0.262 e. The number of hydrogen-bond acceptors (Lipinski definition) is 3. The van der Waals surface area contributed by atoms with Crippen molar-refractivity contribution in [2.75, 3.05) is 11.9 Å². The molecule has 1 aliphatic heterocycles. The second kappa shape index (κ2) is 4.22. The number of rotatable bonds is 2. The van der Waals surface area contributed by atoms with Crippen LogP contribution >= 0.6 is 11.6 Å². The van der Waals surface area contributed by atoms with Crippen molar-refractivity contribution in [3.63, 3.8) is 0 Å². The van der Waals surface area contributed by atoms with Crippen molar-refractivity contribution in [2.24, 2.45) is 17.8 Å². The van der Waals surface area contributed by atoms with Gasteiger partial charge >= 0.3 is 0 Å². The van der Waals surface area contributed by atoms with Gasteiger partial charge in [-0.25, -0.2) is 0 Å². The van der Waals surface area contributed by atoms with Crippen LogP contribution in [0.1, 0.15) is 29.6 Å². The predicted molar refractivity (Wildman–Crippen MR) is 74.2 cm³/mol. The van der Waals surface area contributed by atoms with Crippen LogP contribution < -0.4 is 10.1 Å². The monoisotopic (exact) mass is 291 g/mol. The van der Waals surface area contributed by atoms with Crippen LogP contribution in [-0.4, -0.2) is 18.3 Å². The molecule has 1 amide bonds. The highest BCUT2D eigenvalue weighted by atomic mass is 35.5. The minimum absolute atomic E-state index is 0.0169. The lowest BCUT2D eigenvalue weighted by atomic mass is 10.0. The Morgan fingerprint density at radius 1 is 1.30 bits per heavy atom. The van der Waals surface area contributed by atoms with E-state index in [1.165, 1.54) is 6.42 Å². The van der Waals surface area contributed by atoms with E-state index in [0.717, 1.165) is 12.8 Å². The highest BCUT2D eigenvalue weighted by Crippen LogP contribution is 2.59. The third-order valence-corrected chi connectivity index (χ3v) is 4.99. The summed E-state index contributed by atoms with van der Waals surface area (Å²) in [6.07, 6.45) is 3.57. The summed E-state index contributed by atoms with van der Waals surface area (Å²) in [5.74, 6) is 1.74. The maximum atomic E-state index is 12.6. The Kier molecular flexibility index (Phi) is 2.58. The third kappa shape index (κ3) is 1.74. The first-order valence-electron chi connectivity index (χ1n) is 6.95. The quantitative estimate of drug-likeness (QED) is 0.853. The average molecular weight is 292 g/mol. The van der Waals surface area contributed by atoms with Gasteiger partial charge in [-0.1, -0.05) is 18.0 Å². The average Bonchev–Trinajstić information content (AvgIpc) is 2.90. The van der Waals surface area contributed by atoms with E-state index in [-0.39, 0.29) is 24.2 Å². The molecule has 4 rings (SSSR count). The Labute approximate surface area is 121 Å². The lowest BCUT2D eigenvalue weighted by Gasteiger charge is -2.19. The van der Waals surface area contributed by atoms with Gasteiger partial charge < -0.3 is 10.1 Å². The van der Waals surface area contributed by atoms with Gasteiger partial charge in [-0.2, -0.15) is 0 Å². The van der Waals surface area contributed by atoms with E-state index in [1.54, 1.807) is 12.1 Å². The van der Waals surface area contributed by atoms with Crippen LogP contribution in [0, 0.1) is 17.8 Å². The zero-order chi connectivity index (χ0) is 13.9. The van der Waals surface area contributed by atoms with Gasteiger partial charge in [0.15, 0.2) is 12.4 Å². The van der Waals surface area contributed by atoms with E-state index in [0.29, 0.717) is 33.9 Å². The van der Waals surface area contributed by atoms with Crippen molar-refractivity contribution in [1.82, 2.24) is 0 Å². The van der Waals surface area contributed by atoms with Gasteiger partial charge in [0, 0.05) is 11.5 Å². The molecule has 2 unspecified atom stereocenters. The van der Waals surface area contributed by atoms with E-state index >= 15 is 0 Å². The summed E-state index contributed by atoms with van der Waals surface area (Å²) in [5.41, 5.74) is 1.07. The molecular formula is C15H14ClNO3. The molecule has 0 bridgehead atoms. The van der Waals surface area contributed by atoms with E-state index in [4.69, 9.17) is 16.3 Å². The summed E-state index contributed by atoms with van der Waals surface area (Å²) in [6.45, 7) is -0.0169. The van der Waals surface area contributed by atoms with Gasteiger partial charge in [-0.3, -0.25) is 9.59 Å². The SMILES string of the molecule is O=C1COc2cc(C(=O)C3C4CCCC43)c(Cl)cc2N1. The second-order valence-corrected chi connectivity index (χ2v) is 6.22. The molecule has 2 atom stereocenters. The number of ketones is 1. The maximum absolute atomic E-state index is 12.6. The Bertz CT molecular complexity index is 618. The number of Topliss-reactive ketones (excluding diaryl/α,β-unsaturated/α-hetero) is 1. The Balaban J connectivity index is 1.65. The normalized spacial score (nSPS) is 30.1. The number of hydrogen-bond donors (Lipinski definition) is 1. The number of amides is 1. The first kappa shape index (κ1) is 12.2. The van der Waals surface area contributed by atoms with Gasteiger partial charge in [-0.05, 0) is 36.8 Å². The molecule has 2 saturated carbocycles. The molecule has 3 aliphatic rings. The number of benzene rings is 1. The standard InChI is InChI=1S/C15H14ClNO3/c16-10-5-11-12(20-6-13(18)17-11)4-9(10)15(19)14-7-2-1-3-8(7)14/h4-5,7-8,14H,1-3,6H2,(H,17,18). The smallest absolute Gasteiger partial charge is 0.262 e. The molecule has 0 aromatic heterocycles. The minimum atomic E-state index is -0.204.